The number of ketones is 1. The van der Waals surface area contributed by atoms with E-state index >= 15 is 0 Å². The second-order valence-corrected chi connectivity index (χ2v) is 4.92. The number of H-pyrrole nitrogens is 1. The van der Waals surface area contributed by atoms with Crippen LogP contribution in [0.15, 0.2) is 54.6 Å². The van der Waals surface area contributed by atoms with Crippen molar-refractivity contribution in [3.63, 3.8) is 0 Å². The lowest BCUT2D eigenvalue weighted by Gasteiger charge is -2.05. The van der Waals surface area contributed by atoms with Crippen molar-refractivity contribution in [3.8, 4) is 5.69 Å². The van der Waals surface area contributed by atoms with E-state index < -0.39 is 0 Å². The minimum absolute atomic E-state index is 0.0825. The van der Waals surface area contributed by atoms with Crippen LogP contribution in [0, 0.1) is 4.77 Å². The number of Topliss-reactive ketones (excluding diaryl/α,β-unsaturated/α-hetero) is 1. The van der Waals surface area contributed by atoms with Gasteiger partial charge in [-0.05, 0) is 29.9 Å². The summed E-state index contributed by atoms with van der Waals surface area (Å²) in [6, 6.07) is 16.8. The Morgan fingerprint density at radius 1 is 1.14 bits per heavy atom. The highest BCUT2D eigenvalue weighted by atomic mass is 32.1. The van der Waals surface area contributed by atoms with E-state index in [4.69, 9.17) is 12.2 Å². The minimum atomic E-state index is 0.0825. The molecule has 0 spiro atoms. The van der Waals surface area contributed by atoms with Crippen molar-refractivity contribution in [2.24, 2.45) is 0 Å². The van der Waals surface area contributed by atoms with Crippen molar-refractivity contribution in [1.82, 2.24) is 20.2 Å². The van der Waals surface area contributed by atoms with Crippen LogP contribution in [0.4, 0.5) is 0 Å². The van der Waals surface area contributed by atoms with E-state index in [1.807, 2.05) is 54.6 Å². The van der Waals surface area contributed by atoms with E-state index in [0.29, 0.717) is 16.8 Å². The van der Waals surface area contributed by atoms with E-state index in [0.717, 1.165) is 11.3 Å². The van der Waals surface area contributed by atoms with E-state index in [2.05, 4.69) is 15.5 Å². The zero-order valence-corrected chi connectivity index (χ0v) is 11.9. The lowest BCUT2D eigenvalue weighted by atomic mass is 10.0. The van der Waals surface area contributed by atoms with Gasteiger partial charge in [-0.3, -0.25) is 4.79 Å². The number of tetrazole rings is 1. The molecule has 21 heavy (non-hydrogen) atoms. The molecule has 5 nitrogen and oxygen atoms in total. The summed E-state index contributed by atoms with van der Waals surface area (Å²) in [6.45, 7) is 0. The molecule has 0 aliphatic carbocycles. The third-order valence-corrected chi connectivity index (χ3v) is 3.36. The van der Waals surface area contributed by atoms with Crippen LogP contribution < -0.4 is 0 Å². The monoisotopic (exact) mass is 296 g/mol. The summed E-state index contributed by atoms with van der Waals surface area (Å²) in [5.41, 5.74) is 2.43. The average molecular weight is 296 g/mol. The number of carbonyl (C=O) groups is 1. The van der Waals surface area contributed by atoms with Gasteiger partial charge in [-0.2, -0.15) is 5.21 Å². The van der Waals surface area contributed by atoms with Gasteiger partial charge in [-0.1, -0.05) is 52.8 Å². The zero-order valence-electron chi connectivity index (χ0n) is 11.1. The Kier molecular flexibility index (Phi) is 3.70. The quantitative estimate of drug-likeness (QED) is 0.594. The molecular weight excluding hydrogens is 284 g/mol. The van der Waals surface area contributed by atoms with Gasteiger partial charge in [0.05, 0.1) is 5.69 Å². The molecule has 0 radical (unpaired) electrons. The van der Waals surface area contributed by atoms with E-state index in [9.17, 15) is 4.79 Å². The van der Waals surface area contributed by atoms with Gasteiger partial charge in [0, 0.05) is 12.0 Å². The summed E-state index contributed by atoms with van der Waals surface area (Å²) < 4.78 is 1.94. The van der Waals surface area contributed by atoms with Gasteiger partial charge in [0.1, 0.15) is 0 Å². The van der Waals surface area contributed by atoms with Gasteiger partial charge in [0.2, 0.25) is 4.77 Å². The fraction of sp³-hybridized carbons (Fsp3) is 0.0667. The molecule has 0 unspecified atom stereocenters. The van der Waals surface area contributed by atoms with Crippen molar-refractivity contribution in [1.29, 1.82) is 0 Å². The summed E-state index contributed by atoms with van der Waals surface area (Å²) in [7, 11) is 0. The molecule has 0 aliphatic heterocycles. The van der Waals surface area contributed by atoms with Crippen molar-refractivity contribution < 1.29 is 4.79 Å². The van der Waals surface area contributed by atoms with Gasteiger partial charge >= 0.3 is 0 Å². The Balaban J connectivity index is 1.86. The van der Waals surface area contributed by atoms with Crippen LogP contribution in [0.5, 0.6) is 0 Å². The maximum Gasteiger partial charge on any atom is 0.242 e. The normalized spacial score (nSPS) is 10.5. The molecule has 6 heteroatoms. The molecule has 0 atom stereocenters. The number of aromatic nitrogens is 4. The molecule has 0 fully saturated rings. The van der Waals surface area contributed by atoms with Crippen molar-refractivity contribution in [2.75, 3.05) is 0 Å². The number of rotatable bonds is 4. The molecule has 2 aromatic carbocycles. The molecule has 3 aromatic rings. The largest absolute Gasteiger partial charge is 0.294 e. The van der Waals surface area contributed by atoms with Crippen molar-refractivity contribution in [3.05, 3.63) is 70.5 Å². The van der Waals surface area contributed by atoms with Gasteiger partial charge in [-0.15, -0.1) is 0 Å². The summed E-state index contributed by atoms with van der Waals surface area (Å²) in [5.74, 6) is 0.0825. The smallest absolute Gasteiger partial charge is 0.242 e. The Hall–Kier alpha value is -2.60. The number of hydrogen-bond donors (Lipinski definition) is 1. The van der Waals surface area contributed by atoms with Crippen LogP contribution in [-0.4, -0.2) is 26.0 Å². The van der Waals surface area contributed by atoms with E-state index in [1.54, 1.807) is 4.68 Å². The second-order valence-electron chi connectivity index (χ2n) is 4.55. The molecule has 0 saturated heterocycles. The van der Waals surface area contributed by atoms with Crippen LogP contribution in [0.25, 0.3) is 5.69 Å². The third kappa shape index (κ3) is 2.95. The standard InChI is InChI=1S/C15H12N4OS/c20-14(12-6-2-1-3-7-12)10-11-5-4-8-13(9-11)19-15(21)16-17-18-19/h1-9H,10H2,(H,16,18,21). The minimum Gasteiger partial charge on any atom is -0.294 e. The van der Waals surface area contributed by atoms with Gasteiger partial charge in [-0.25, -0.2) is 4.68 Å². The van der Waals surface area contributed by atoms with Gasteiger partial charge < -0.3 is 0 Å². The van der Waals surface area contributed by atoms with Gasteiger partial charge in [0.15, 0.2) is 5.78 Å². The van der Waals surface area contributed by atoms with Gasteiger partial charge in [0.25, 0.3) is 0 Å². The number of nitrogens with zero attached hydrogens (tertiary/aromatic N) is 3. The molecule has 1 heterocycles. The highest BCUT2D eigenvalue weighted by molar-refractivity contribution is 7.71. The molecule has 0 saturated carbocycles. The van der Waals surface area contributed by atoms with Crippen LogP contribution >= 0.6 is 12.2 Å². The molecule has 0 bridgehead atoms. The van der Waals surface area contributed by atoms with Crippen LogP contribution in [0.3, 0.4) is 0 Å². The van der Waals surface area contributed by atoms with Crippen LogP contribution in [0.1, 0.15) is 15.9 Å². The van der Waals surface area contributed by atoms with E-state index in [1.165, 1.54) is 0 Å². The molecule has 0 aliphatic rings. The molecule has 1 aromatic heterocycles. The summed E-state index contributed by atoms with van der Waals surface area (Å²) >= 11 is 5.07. The maximum atomic E-state index is 12.2. The first kappa shape index (κ1) is 13.4. The maximum absolute atomic E-state index is 12.2. The van der Waals surface area contributed by atoms with Crippen molar-refractivity contribution >= 4 is 18.0 Å². The average Bonchev–Trinajstić information content (AvgIpc) is 2.94. The summed E-state index contributed by atoms with van der Waals surface area (Å²) in [5, 5.41) is 10.1. The van der Waals surface area contributed by atoms with Crippen molar-refractivity contribution in [2.45, 2.75) is 6.42 Å². The Bertz CT molecular complexity index is 823. The molecular formula is C15H12N4OS. The molecule has 104 valence electrons. The zero-order chi connectivity index (χ0) is 14.7. The predicted octanol–water partition coefficient (Wildman–Crippen LogP) is 2.75. The lowest BCUT2D eigenvalue weighted by molar-refractivity contribution is 0.0993. The lowest BCUT2D eigenvalue weighted by Crippen LogP contribution is -2.04. The third-order valence-electron chi connectivity index (χ3n) is 3.10. The summed E-state index contributed by atoms with van der Waals surface area (Å²) in [6.07, 6.45) is 0.340. The number of carbonyl (C=O) groups excluding carboxylic acids is 1. The Morgan fingerprint density at radius 3 is 2.67 bits per heavy atom. The second kappa shape index (κ2) is 5.80. The van der Waals surface area contributed by atoms with E-state index in [-0.39, 0.29) is 5.78 Å². The molecule has 0 amide bonds. The topological polar surface area (TPSA) is 63.6 Å². The van der Waals surface area contributed by atoms with Crippen LogP contribution in [-0.2, 0) is 6.42 Å². The van der Waals surface area contributed by atoms with Crippen LogP contribution in [0.2, 0.25) is 0 Å². The first-order chi connectivity index (χ1) is 10.2. The number of nitrogens with one attached hydrogen (secondary N) is 1. The fourth-order valence-electron chi connectivity index (χ4n) is 2.08. The SMILES string of the molecule is O=C(Cc1cccc(-n2[nH]nnc2=S)c1)c1ccccc1. The molecule has 3 rings (SSSR count). The molecule has 1 N–H and O–H groups in total. The highest BCUT2D eigenvalue weighted by Gasteiger charge is 2.08. The Labute approximate surface area is 126 Å². The number of benzene rings is 2. The Morgan fingerprint density at radius 2 is 1.95 bits per heavy atom. The fourth-order valence-corrected chi connectivity index (χ4v) is 2.27. The number of aromatic amines is 1. The number of hydrogen-bond acceptors (Lipinski definition) is 4. The first-order valence-electron chi connectivity index (χ1n) is 6.42. The first-order valence-corrected chi connectivity index (χ1v) is 6.82. The predicted molar refractivity (Wildman–Crippen MR) is 81.0 cm³/mol. The highest BCUT2D eigenvalue weighted by Crippen LogP contribution is 2.12. The summed E-state index contributed by atoms with van der Waals surface area (Å²) in [4.78, 5) is 12.2.